The van der Waals surface area contributed by atoms with Crippen LogP contribution in [0.25, 0.3) is 0 Å². The fraction of sp³-hybridized carbons (Fsp3) is 0.364. The molecule has 18 heavy (non-hydrogen) atoms. The summed E-state index contributed by atoms with van der Waals surface area (Å²) in [5, 5.41) is 20.1. The van der Waals surface area contributed by atoms with Gasteiger partial charge in [-0.05, 0) is 13.0 Å². The van der Waals surface area contributed by atoms with Gasteiger partial charge in [0.1, 0.15) is 5.82 Å². The zero-order valence-electron chi connectivity index (χ0n) is 9.59. The summed E-state index contributed by atoms with van der Waals surface area (Å²) in [5.74, 6) is -1.46. The van der Waals surface area contributed by atoms with Gasteiger partial charge in [0.05, 0.1) is 29.2 Å². The van der Waals surface area contributed by atoms with Crippen LogP contribution in [-0.4, -0.2) is 39.5 Å². The van der Waals surface area contributed by atoms with E-state index >= 15 is 0 Å². The van der Waals surface area contributed by atoms with Gasteiger partial charge < -0.3 is 10.0 Å². The number of nitrogens with zero attached hydrogens (tertiary/aromatic N) is 2. The Morgan fingerprint density at radius 1 is 1.56 bits per heavy atom. The average Bonchev–Trinajstić information content (AvgIpc) is 2.25. The Kier molecular flexibility index (Phi) is 2.78. The molecule has 1 N–H and O–H groups in total. The topological polar surface area (TPSA) is 83.7 Å². The first-order valence-corrected chi connectivity index (χ1v) is 5.26. The Balaban J connectivity index is 2.25. The van der Waals surface area contributed by atoms with Gasteiger partial charge in [0.25, 0.3) is 11.6 Å². The summed E-state index contributed by atoms with van der Waals surface area (Å²) in [4.78, 5) is 23.0. The van der Waals surface area contributed by atoms with E-state index in [1.807, 2.05) is 0 Å². The number of carbonyl (C=O) groups excluding carboxylic acids is 1. The predicted molar refractivity (Wildman–Crippen MR) is 59.6 cm³/mol. The van der Waals surface area contributed by atoms with Gasteiger partial charge in [0, 0.05) is 12.1 Å². The quantitative estimate of drug-likeness (QED) is 0.628. The highest BCUT2D eigenvalue weighted by atomic mass is 19.1. The van der Waals surface area contributed by atoms with E-state index in [9.17, 15) is 24.4 Å². The fourth-order valence-electron chi connectivity index (χ4n) is 1.88. The molecular formula is C11H11FN2O4. The zero-order chi connectivity index (χ0) is 13.5. The number of hydrogen-bond acceptors (Lipinski definition) is 4. The van der Waals surface area contributed by atoms with Crippen LogP contribution in [-0.2, 0) is 0 Å². The van der Waals surface area contributed by atoms with E-state index in [1.165, 1.54) is 4.90 Å². The molecule has 1 saturated heterocycles. The third-order valence-corrected chi connectivity index (χ3v) is 2.74. The van der Waals surface area contributed by atoms with E-state index in [0.717, 1.165) is 18.2 Å². The van der Waals surface area contributed by atoms with Crippen LogP contribution < -0.4 is 0 Å². The molecule has 7 heteroatoms. The minimum atomic E-state index is -0.965. The summed E-state index contributed by atoms with van der Waals surface area (Å²) < 4.78 is 13.5. The number of aliphatic hydroxyl groups is 1. The Morgan fingerprint density at radius 3 is 2.67 bits per heavy atom. The van der Waals surface area contributed by atoms with E-state index in [-0.39, 0.29) is 24.3 Å². The van der Waals surface area contributed by atoms with E-state index in [4.69, 9.17) is 0 Å². The van der Waals surface area contributed by atoms with Crippen molar-refractivity contribution in [2.45, 2.75) is 12.5 Å². The van der Waals surface area contributed by atoms with Gasteiger partial charge >= 0.3 is 0 Å². The van der Waals surface area contributed by atoms with Crippen molar-refractivity contribution in [1.29, 1.82) is 0 Å². The lowest BCUT2D eigenvalue weighted by atomic mass is 9.96. The average molecular weight is 254 g/mol. The summed E-state index contributed by atoms with van der Waals surface area (Å²) in [5.41, 5.74) is -1.65. The summed E-state index contributed by atoms with van der Waals surface area (Å²) in [6.45, 7) is 1.74. The smallest absolute Gasteiger partial charge is 0.270 e. The van der Waals surface area contributed by atoms with Crippen molar-refractivity contribution in [2.24, 2.45) is 0 Å². The van der Waals surface area contributed by atoms with E-state index < -0.39 is 22.2 Å². The number of nitro benzene ring substituents is 1. The van der Waals surface area contributed by atoms with Crippen LogP contribution in [0, 0.1) is 15.9 Å². The number of amides is 1. The number of halogens is 1. The van der Waals surface area contributed by atoms with Crippen molar-refractivity contribution >= 4 is 11.6 Å². The van der Waals surface area contributed by atoms with Crippen molar-refractivity contribution in [3.63, 3.8) is 0 Å². The maximum atomic E-state index is 13.5. The molecule has 0 bridgehead atoms. The number of carbonyl (C=O) groups is 1. The first-order chi connectivity index (χ1) is 8.30. The van der Waals surface area contributed by atoms with E-state index in [1.54, 1.807) is 6.92 Å². The lowest BCUT2D eigenvalue weighted by Gasteiger charge is -2.44. The molecule has 6 nitrogen and oxygen atoms in total. The Bertz CT molecular complexity index is 522. The molecule has 0 unspecified atom stereocenters. The highest BCUT2D eigenvalue weighted by Crippen LogP contribution is 2.25. The van der Waals surface area contributed by atoms with Crippen molar-refractivity contribution in [3.05, 3.63) is 39.7 Å². The lowest BCUT2D eigenvalue weighted by Crippen LogP contribution is -2.61. The lowest BCUT2D eigenvalue weighted by molar-refractivity contribution is -0.384. The van der Waals surface area contributed by atoms with Gasteiger partial charge in [-0.25, -0.2) is 4.39 Å². The number of hydrogen-bond donors (Lipinski definition) is 1. The molecule has 0 radical (unpaired) electrons. The van der Waals surface area contributed by atoms with Crippen LogP contribution in [0.4, 0.5) is 10.1 Å². The van der Waals surface area contributed by atoms with E-state index in [0.29, 0.717) is 0 Å². The molecule has 0 aromatic heterocycles. The second-order valence-electron chi connectivity index (χ2n) is 4.58. The van der Waals surface area contributed by atoms with Gasteiger partial charge in [0.15, 0.2) is 0 Å². The number of non-ortho nitro benzene ring substituents is 1. The third-order valence-electron chi connectivity index (χ3n) is 2.74. The van der Waals surface area contributed by atoms with Crippen molar-refractivity contribution < 1.29 is 19.2 Å². The van der Waals surface area contributed by atoms with E-state index in [2.05, 4.69) is 0 Å². The molecule has 1 aromatic carbocycles. The van der Waals surface area contributed by atoms with Gasteiger partial charge in [-0.15, -0.1) is 0 Å². The van der Waals surface area contributed by atoms with Gasteiger partial charge in [0.2, 0.25) is 0 Å². The monoisotopic (exact) mass is 254 g/mol. The Morgan fingerprint density at radius 2 is 2.17 bits per heavy atom. The molecule has 0 atom stereocenters. The Hall–Kier alpha value is -2.02. The molecule has 0 aliphatic carbocycles. The first-order valence-electron chi connectivity index (χ1n) is 5.26. The van der Waals surface area contributed by atoms with Gasteiger partial charge in [-0.3, -0.25) is 14.9 Å². The molecule has 1 heterocycles. The predicted octanol–water partition coefficient (Wildman–Crippen LogP) is 0.941. The number of β-amino-alcohol motifs (C(OH)–C–C–N with tert-alkyl or cyclic N) is 1. The van der Waals surface area contributed by atoms with Crippen LogP contribution in [0.5, 0.6) is 0 Å². The van der Waals surface area contributed by atoms with Crippen molar-refractivity contribution in [3.8, 4) is 0 Å². The van der Waals surface area contributed by atoms with Gasteiger partial charge in [-0.2, -0.15) is 0 Å². The second-order valence-corrected chi connectivity index (χ2v) is 4.58. The second kappa shape index (κ2) is 4.02. The fourth-order valence-corrected chi connectivity index (χ4v) is 1.88. The van der Waals surface area contributed by atoms with Crippen molar-refractivity contribution in [2.75, 3.05) is 13.1 Å². The van der Waals surface area contributed by atoms with Crippen LogP contribution in [0.15, 0.2) is 18.2 Å². The summed E-state index contributed by atoms with van der Waals surface area (Å²) in [6, 6.07) is 2.80. The standard InChI is InChI=1S/C11H11FN2O4/c1-11(16)5-13(6-11)10(15)8-4-7(14(17)18)2-3-9(8)12/h2-4,16H,5-6H2,1H3. The summed E-state index contributed by atoms with van der Waals surface area (Å²) in [6.07, 6.45) is 0. The molecule has 1 aliphatic rings. The highest BCUT2D eigenvalue weighted by Gasteiger charge is 2.40. The van der Waals surface area contributed by atoms with Crippen LogP contribution >= 0.6 is 0 Å². The maximum Gasteiger partial charge on any atom is 0.270 e. The first kappa shape index (κ1) is 12.4. The highest BCUT2D eigenvalue weighted by molar-refractivity contribution is 5.95. The molecule has 1 fully saturated rings. The molecule has 2 rings (SSSR count). The Labute approximate surface area is 102 Å². The summed E-state index contributed by atoms with van der Waals surface area (Å²) >= 11 is 0. The minimum Gasteiger partial charge on any atom is -0.386 e. The maximum absolute atomic E-state index is 13.5. The third kappa shape index (κ3) is 2.17. The molecule has 0 saturated carbocycles. The number of benzene rings is 1. The molecule has 1 amide bonds. The van der Waals surface area contributed by atoms with Crippen molar-refractivity contribution in [1.82, 2.24) is 4.90 Å². The van der Waals surface area contributed by atoms with Crippen LogP contribution in [0.1, 0.15) is 17.3 Å². The van der Waals surface area contributed by atoms with Gasteiger partial charge in [-0.1, -0.05) is 0 Å². The molecular weight excluding hydrogens is 243 g/mol. The van der Waals surface area contributed by atoms with Crippen LogP contribution in [0.3, 0.4) is 0 Å². The SMILES string of the molecule is CC1(O)CN(C(=O)c2cc([N+](=O)[O-])ccc2F)C1. The van der Waals surface area contributed by atoms with Crippen LogP contribution in [0.2, 0.25) is 0 Å². The minimum absolute atomic E-state index is 0.0912. The molecule has 0 spiro atoms. The normalized spacial score (nSPS) is 17.2. The molecule has 96 valence electrons. The number of nitro groups is 1. The molecule has 1 aromatic rings. The largest absolute Gasteiger partial charge is 0.386 e. The zero-order valence-corrected chi connectivity index (χ0v) is 9.59. The molecule has 1 aliphatic heterocycles. The number of likely N-dealkylation sites (tertiary alicyclic amines) is 1. The number of rotatable bonds is 2. The summed E-state index contributed by atoms with van der Waals surface area (Å²) in [7, 11) is 0.